The van der Waals surface area contributed by atoms with Crippen LogP contribution in [0.5, 0.6) is 0 Å². The fourth-order valence-electron chi connectivity index (χ4n) is 8.15. The first-order valence-electron chi connectivity index (χ1n) is 14.5. The van der Waals surface area contributed by atoms with Crippen LogP contribution in [0.1, 0.15) is 87.8 Å². The Bertz CT molecular complexity index is 924. The second-order valence-corrected chi connectivity index (χ2v) is 12.5. The molecule has 6 nitrogen and oxygen atoms in total. The van der Waals surface area contributed by atoms with Crippen molar-refractivity contribution >= 4 is 12.1 Å². The maximum absolute atomic E-state index is 12.6. The van der Waals surface area contributed by atoms with Crippen LogP contribution in [-0.4, -0.2) is 43.3 Å². The van der Waals surface area contributed by atoms with Crippen molar-refractivity contribution in [1.29, 1.82) is 0 Å². The molecule has 4 saturated carbocycles. The van der Waals surface area contributed by atoms with Crippen molar-refractivity contribution in [2.45, 2.75) is 84.3 Å². The number of hydrogen-bond acceptors (Lipinski definition) is 6. The molecular formula is C31H44NO5. The summed E-state index contributed by atoms with van der Waals surface area (Å²) in [6.07, 6.45) is 11.3. The van der Waals surface area contributed by atoms with Gasteiger partial charge in [-0.2, -0.15) is 0 Å². The fraction of sp³-hybridized carbons (Fsp3) is 0.710. The summed E-state index contributed by atoms with van der Waals surface area (Å²) in [5, 5.41) is 0. The average Bonchev–Trinajstić information content (AvgIpc) is 2.87. The fourth-order valence-corrected chi connectivity index (χ4v) is 8.15. The van der Waals surface area contributed by atoms with Crippen molar-refractivity contribution in [3.05, 3.63) is 41.8 Å². The van der Waals surface area contributed by atoms with Gasteiger partial charge in [0.25, 0.3) is 0 Å². The first-order valence-corrected chi connectivity index (χ1v) is 14.5. The zero-order chi connectivity index (χ0) is 25.8. The van der Waals surface area contributed by atoms with Gasteiger partial charge in [-0.1, -0.05) is 19.1 Å². The van der Waals surface area contributed by atoms with Gasteiger partial charge in [-0.05, 0) is 124 Å². The number of likely N-dealkylation sites (tertiary alicyclic amines) is 1. The van der Waals surface area contributed by atoms with Crippen molar-refractivity contribution < 1.29 is 23.8 Å². The first-order chi connectivity index (χ1) is 17.9. The average molecular weight is 511 g/mol. The number of esters is 1. The number of carbonyl (C=O) groups is 2. The Morgan fingerprint density at radius 1 is 0.973 bits per heavy atom. The number of hydrogen-bond donors (Lipinski definition) is 0. The second kappa shape index (κ2) is 11.8. The Hall–Kier alpha value is -2.08. The molecule has 1 aliphatic heterocycles. The second-order valence-electron chi connectivity index (χ2n) is 12.5. The van der Waals surface area contributed by atoms with Crippen molar-refractivity contribution in [2.24, 2.45) is 29.1 Å². The molecule has 1 radical (unpaired) electrons. The highest BCUT2D eigenvalue weighted by atomic mass is 16.7. The molecule has 5 fully saturated rings. The number of nitrogens with zero attached hydrogens (tertiary/aromatic N) is 1. The van der Waals surface area contributed by atoms with Gasteiger partial charge in [0.2, 0.25) is 0 Å². The molecule has 1 heterocycles. The molecule has 37 heavy (non-hydrogen) atoms. The lowest BCUT2D eigenvalue weighted by Gasteiger charge is -2.57. The van der Waals surface area contributed by atoms with Gasteiger partial charge in [0, 0.05) is 18.9 Å². The van der Waals surface area contributed by atoms with Crippen LogP contribution < -0.4 is 0 Å². The van der Waals surface area contributed by atoms with Crippen LogP contribution in [0.15, 0.2) is 18.2 Å². The van der Waals surface area contributed by atoms with Gasteiger partial charge in [0.15, 0.2) is 0 Å². The number of piperidine rings is 1. The Kier molecular flexibility index (Phi) is 8.43. The zero-order valence-electron chi connectivity index (χ0n) is 22.6. The Labute approximate surface area is 222 Å². The standard InChI is InChI=1S/C31H44NO5/c1-3-32-8-4-5-23(18-32)19-36-30(34)37-21-28-10-22(2)9-27(14-28)20-35-29(33)6-7-31-15-24-11-25(16-31)13-26(12-24)17-31/h9-10,14,23-26H,2-8,11-13,15-21H2,1H3. The van der Waals surface area contributed by atoms with Crippen molar-refractivity contribution in [2.75, 3.05) is 26.2 Å². The van der Waals surface area contributed by atoms with E-state index in [9.17, 15) is 9.59 Å². The van der Waals surface area contributed by atoms with Crippen LogP contribution in [-0.2, 0) is 32.2 Å². The molecule has 1 unspecified atom stereocenters. The van der Waals surface area contributed by atoms with E-state index >= 15 is 0 Å². The SMILES string of the molecule is [CH2]c1cc(COC(=O)CCC23CC4CC(CC(C4)C2)C3)cc(COC(=O)OCC2CCCN(CC)C2)c1. The van der Waals surface area contributed by atoms with Crippen molar-refractivity contribution in [3.63, 3.8) is 0 Å². The molecule has 4 aliphatic carbocycles. The van der Waals surface area contributed by atoms with E-state index in [1.54, 1.807) is 0 Å². The highest BCUT2D eigenvalue weighted by Gasteiger charge is 2.50. The molecule has 6 rings (SSSR count). The van der Waals surface area contributed by atoms with E-state index in [2.05, 4.69) is 18.7 Å². The molecule has 203 valence electrons. The summed E-state index contributed by atoms with van der Waals surface area (Å²) in [5.41, 5.74) is 2.88. The summed E-state index contributed by atoms with van der Waals surface area (Å²) in [7, 11) is 0. The molecule has 0 N–H and O–H groups in total. The number of carbonyl (C=O) groups excluding carboxylic acids is 2. The lowest BCUT2D eigenvalue weighted by Crippen LogP contribution is -2.46. The summed E-state index contributed by atoms with van der Waals surface area (Å²) in [6, 6.07) is 5.71. The van der Waals surface area contributed by atoms with E-state index in [-0.39, 0.29) is 19.2 Å². The smallest absolute Gasteiger partial charge is 0.461 e. The third kappa shape index (κ3) is 7.07. The van der Waals surface area contributed by atoms with E-state index in [0.717, 1.165) is 73.3 Å². The summed E-state index contributed by atoms with van der Waals surface area (Å²) in [5.74, 6) is 2.96. The summed E-state index contributed by atoms with van der Waals surface area (Å²) < 4.78 is 16.4. The topological polar surface area (TPSA) is 65.1 Å². The predicted molar refractivity (Wildman–Crippen MR) is 142 cm³/mol. The lowest BCUT2D eigenvalue weighted by molar-refractivity contribution is -0.147. The minimum atomic E-state index is -0.638. The molecule has 4 bridgehead atoms. The van der Waals surface area contributed by atoms with E-state index < -0.39 is 6.16 Å². The zero-order valence-corrected chi connectivity index (χ0v) is 22.6. The van der Waals surface area contributed by atoms with Crippen molar-refractivity contribution in [3.8, 4) is 0 Å². The van der Waals surface area contributed by atoms with Crippen molar-refractivity contribution in [1.82, 2.24) is 4.90 Å². The molecule has 0 spiro atoms. The largest absolute Gasteiger partial charge is 0.508 e. The van der Waals surface area contributed by atoms with Crippen LogP contribution >= 0.6 is 0 Å². The molecule has 1 aromatic rings. The summed E-state index contributed by atoms with van der Waals surface area (Å²) >= 11 is 0. The maximum Gasteiger partial charge on any atom is 0.508 e. The van der Waals surface area contributed by atoms with Gasteiger partial charge in [-0.15, -0.1) is 0 Å². The van der Waals surface area contributed by atoms with Gasteiger partial charge >= 0.3 is 12.1 Å². The summed E-state index contributed by atoms with van der Waals surface area (Å²) in [4.78, 5) is 27.2. The van der Waals surface area contributed by atoms with Crippen LogP contribution in [0.2, 0.25) is 0 Å². The highest BCUT2D eigenvalue weighted by Crippen LogP contribution is 2.61. The van der Waals surface area contributed by atoms with Crippen LogP contribution in [0.25, 0.3) is 0 Å². The number of ether oxygens (including phenoxy) is 3. The molecule has 0 amide bonds. The Morgan fingerprint density at radius 3 is 2.27 bits per heavy atom. The monoisotopic (exact) mass is 510 g/mol. The minimum Gasteiger partial charge on any atom is -0.461 e. The predicted octanol–water partition coefficient (Wildman–Crippen LogP) is 6.29. The van der Waals surface area contributed by atoms with Crippen LogP contribution in [0.3, 0.4) is 0 Å². The molecule has 1 atom stereocenters. The number of rotatable bonds is 10. The van der Waals surface area contributed by atoms with E-state index in [1.807, 2.05) is 18.2 Å². The maximum atomic E-state index is 12.6. The Morgan fingerprint density at radius 2 is 1.62 bits per heavy atom. The number of benzene rings is 1. The molecule has 6 heteroatoms. The quantitative estimate of drug-likeness (QED) is 0.345. The molecule has 0 aromatic heterocycles. The summed E-state index contributed by atoms with van der Waals surface area (Å²) in [6.45, 7) is 10.0. The molecule has 1 saturated heterocycles. The van der Waals surface area contributed by atoms with E-state index in [0.29, 0.717) is 24.4 Å². The highest BCUT2D eigenvalue weighted by molar-refractivity contribution is 5.69. The molecule has 1 aromatic carbocycles. The van der Waals surface area contributed by atoms with Gasteiger partial charge < -0.3 is 19.1 Å². The lowest BCUT2D eigenvalue weighted by atomic mass is 9.48. The van der Waals surface area contributed by atoms with Crippen LogP contribution in [0, 0.1) is 36.0 Å². The van der Waals surface area contributed by atoms with Crippen LogP contribution in [0.4, 0.5) is 4.79 Å². The third-order valence-electron chi connectivity index (χ3n) is 9.38. The normalized spacial score (nSPS) is 30.8. The first kappa shape index (κ1) is 26.5. The van der Waals surface area contributed by atoms with Gasteiger partial charge in [0.05, 0.1) is 6.61 Å². The molecule has 5 aliphatic rings. The van der Waals surface area contributed by atoms with E-state index in [4.69, 9.17) is 14.2 Å². The minimum absolute atomic E-state index is 0.112. The third-order valence-corrected chi connectivity index (χ3v) is 9.38. The molecular weight excluding hydrogens is 466 g/mol. The van der Waals surface area contributed by atoms with Gasteiger partial charge in [-0.3, -0.25) is 4.79 Å². The van der Waals surface area contributed by atoms with Gasteiger partial charge in [-0.25, -0.2) is 4.79 Å². The van der Waals surface area contributed by atoms with E-state index in [1.165, 1.54) is 38.5 Å². The Balaban J connectivity index is 1.03. The van der Waals surface area contributed by atoms with Gasteiger partial charge in [0.1, 0.15) is 13.2 Å².